The van der Waals surface area contributed by atoms with E-state index in [1.807, 2.05) is 6.92 Å². The van der Waals surface area contributed by atoms with Crippen molar-refractivity contribution in [3.63, 3.8) is 0 Å². The number of ether oxygens (including phenoxy) is 2. The second-order valence-electron chi connectivity index (χ2n) is 5.82. The van der Waals surface area contributed by atoms with Crippen molar-refractivity contribution in [3.8, 4) is 0 Å². The fourth-order valence-electron chi connectivity index (χ4n) is 2.58. The number of nitrogens with one attached hydrogen (secondary N) is 1. The third kappa shape index (κ3) is 2.95. The van der Waals surface area contributed by atoms with Crippen LogP contribution in [-0.2, 0) is 9.47 Å². The predicted octanol–water partition coefficient (Wildman–Crippen LogP) is 2.07. The lowest BCUT2D eigenvalue weighted by Gasteiger charge is -2.51. The van der Waals surface area contributed by atoms with Gasteiger partial charge in [-0.15, -0.1) is 0 Å². The van der Waals surface area contributed by atoms with Gasteiger partial charge in [0, 0.05) is 18.1 Å². The minimum Gasteiger partial charge on any atom is -0.464 e. The fraction of sp³-hybridized carbons (Fsp3) is 0.600. The molecular weight excluding hydrogens is 270 g/mol. The Hall–Kier alpha value is -1.82. The van der Waals surface area contributed by atoms with Crippen molar-refractivity contribution in [3.05, 3.63) is 17.8 Å². The summed E-state index contributed by atoms with van der Waals surface area (Å²) >= 11 is 0. The molecule has 1 heterocycles. The number of anilines is 2. The van der Waals surface area contributed by atoms with Crippen molar-refractivity contribution in [1.29, 1.82) is 0 Å². The smallest absolute Gasteiger partial charge is 0.356 e. The number of hydrogen-bond donors (Lipinski definition) is 2. The molecule has 0 radical (unpaired) electrons. The van der Waals surface area contributed by atoms with Gasteiger partial charge >= 0.3 is 5.97 Å². The topological polar surface area (TPSA) is 86.5 Å². The molecule has 116 valence electrons. The molecule has 1 aliphatic carbocycles. The number of hydrogen-bond acceptors (Lipinski definition) is 6. The molecule has 1 saturated carbocycles. The SMILES string of the molecule is CCOC1CC(Nc2nc(C(=O)OC)ccc2N)C1(C)C. The Morgan fingerprint density at radius 1 is 1.52 bits per heavy atom. The average molecular weight is 293 g/mol. The molecule has 2 unspecified atom stereocenters. The highest BCUT2D eigenvalue weighted by molar-refractivity contribution is 5.88. The van der Waals surface area contributed by atoms with Crippen LogP contribution in [-0.4, -0.2) is 36.8 Å². The fourth-order valence-corrected chi connectivity index (χ4v) is 2.58. The van der Waals surface area contributed by atoms with E-state index < -0.39 is 5.97 Å². The molecule has 1 aromatic rings. The van der Waals surface area contributed by atoms with E-state index in [-0.39, 0.29) is 23.3 Å². The van der Waals surface area contributed by atoms with Gasteiger partial charge < -0.3 is 20.5 Å². The Morgan fingerprint density at radius 3 is 2.81 bits per heavy atom. The van der Waals surface area contributed by atoms with E-state index in [2.05, 4.69) is 28.9 Å². The van der Waals surface area contributed by atoms with Gasteiger partial charge in [-0.1, -0.05) is 13.8 Å². The molecule has 6 nitrogen and oxygen atoms in total. The van der Waals surface area contributed by atoms with Crippen molar-refractivity contribution in [1.82, 2.24) is 4.98 Å². The Morgan fingerprint density at radius 2 is 2.24 bits per heavy atom. The summed E-state index contributed by atoms with van der Waals surface area (Å²) in [6.07, 6.45) is 1.12. The molecule has 0 amide bonds. The van der Waals surface area contributed by atoms with E-state index in [0.29, 0.717) is 18.1 Å². The maximum absolute atomic E-state index is 11.5. The average Bonchev–Trinajstić information content (AvgIpc) is 2.47. The molecule has 0 aromatic carbocycles. The van der Waals surface area contributed by atoms with Crippen LogP contribution in [0.5, 0.6) is 0 Å². The van der Waals surface area contributed by atoms with Crippen LogP contribution in [0.25, 0.3) is 0 Å². The summed E-state index contributed by atoms with van der Waals surface area (Å²) in [5.74, 6) is 0.0454. The first-order valence-electron chi connectivity index (χ1n) is 7.13. The number of pyridine rings is 1. The van der Waals surface area contributed by atoms with Gasteiger partial charge in [0.1, 0.15) is 5.82 Å². The highest BCUT2D eigenvalue weighted by Crippen LogP contribution is 2.44. The summed E-state index contributed by atoms with van der Waals surface area (Å²) in [5.41, 5.74) is 6.68. The maximum atomic E-state index is 11.5. The van der Waals surface area contributed by atoms with Gasteiger partial charge in [0.05, 0.1) is 18.9 Å². The number of nitrogen functional groups attached to an aromatic ring is 1. The van der Waals surface area contributed by atoms with Crippen LogP contribution in [0.1, 0.15) is 37.7 Å². The first-order valence-corrected chi connectivity index (χ1v) is 7.13. The van der Waals surface area contributed by atoms with Crippen molar-refractivity contribution < 1.29 is 14.3 Å². The van der Waals surface area contributed by atoms with Crippen LogP contribution >= 0.6 is 0 Å². The zero-order valence-corrected chi connectivity index (χ0v) is 13.0. The summed E-state index contributed by atoms with van der Waals surface area (Å²) < 4.78 is 10.4. The van der Waals surface area contributed by atoms with Crippen LogP contribution in [0.15, 0.2) is 12.1 Å². The van der Waals surface area contributed by atoms with Crippen LogP contribution in [0, 0.1) is 5.41 Å². The van der Waals surface area contributed by atoms with Gasteiger partial charge in [-0.25, -0.2) is 9.78 Å². The molecule has 0 spiro atoms. The summed E-state index contributed by atoms with van der Waals surface area (Å²) in [6, 6.07) is 3.42. The molecule has 1 aromatic heterocycles. The maximum Gasteiger partial charge on any atom is 0.356 e. The third-order valence-electron chi connectivity index (χ3n) is 4.18. The lowest BCUT2D eigenvalue weighted by molar-refractivity contribution is -0.0976. The molecule has 1 aliphatic rings. The number of aromatic nitrogens is 1. The van der Waals surface area contributed by atoms with E-state index >= 15 is 0 Å². The van der Waals surface area contributed by atoms with Gasteiger partial charge in [-0.3, -0.25) is 0 Å². The number of esters is 1. The minimum atomic E-state index is -0.474. The molecule has 0 saturated heterocycles. The zero-order chi connectivity index (χ0) is 15.6. The van der Waals surface area contributed by atoms with Gasteiger partial charge in [-0.2, -0.15) is 0 Å². The summed E-state index contributed by atoms with van der Waals surface area (Å²) in [5, 5.41) is 3.32. The van der Waals surface area contributed by atoms with Gasteiger partial charge in [0.15, 0.2) is 5.69 Å². The second kappa shape index (κ2) is 5.89. The largest absolute Gasteiger partial charge is 0.464 e. The molecule has 2 rings (SSSR count). The lowest BCUT2D eigenvalue weighted by atomic mass is 9.64. The highest BCUT2D eigenvalue weighted by atomic mass is 16.5. The normalized spacial score (nSPS) is 23.2. The third-order valence-corrected chi connectivity index (χ3v) is 4.18. The molecule has 1 fully saturated rings. The first kappa shape index (κ1) is 15.6. The number of nitrogens with zero attached hydrogens (tertiary/aromatic N) is 1. The van der Waals surface area contributed by atoms with E-state index in [0.717, 1.165) is 6.42 Å². The highest BCUT2D eigenvalue weighted by Gasteiger charge is 2.49. The first-order chi connectivity index (χ1) is 9.90. The van der Waals surface area contributed by atoms with Crippen LogP contribution in [0.3, 0.4) is 0 Å². The van der Waals surface area contributed by atoms with Crippen molar-refractivity contribution in [2.75, 3.05) is 24.8 Å². The van der Waals surface area contributed by atoms with E-state index in [4.69, 9.17) is 10.5 Å². The van der Waals surface area contributed by atoms with Gasteiger partial charge in [-0.05, 0) is 25.5 Å². The molecule has 21 heavy (non-hydrogen) atoms. The molecule has 6 heteroatoms. The van der Waals surface area contributed by atoms with Crippen LogP contribution < -0.4 is 11.1 Å². The Balaban J connectivity index is 2.12. The van der Waals surface area contributed by atoms with E-state index in [9.17, 15) is 4.79 Å². The van der Waals surface area contributed by atoms with Crippen molar-refractivity contribution in [2.24, 2.45) is 5.41 Å². The number of rotatable bonds is 5. The lowest BCUT2D eigenvalue weighted by Crippen LogP contribution is -2.58. The molecule has 2 atom stereocenters. The Labute approximate surface area is 125 Å². The monoisotopic (exact) mass is 293 g/mol. The molecule has 0 aliphatic heterocycles. The van der Waals surface area contributed by atoms with E-state index in [1.165, 1.54) is 7.11 Å². The summed E-state index contributed by atoms with van der Waals surface area (Å²) in [4.78, 5) is 15.8. The van der Waals surface area contributed by atoms with Gasteiger partial charge in [0.2, 0.25) is 0 Å². The standard InChI is InChI=1S/C15H23N3O3/c1-5-21-12-8-11(15(12,2)3)18-13-9(16)6-7-10(17-13)14(19)20-4/h6-7,11-12H,5,8,16H2,1-4H3,(H,17,18). The van der Waals surface area contributed by atoms with Crippen LogP contribution in [0.4, 0.5) is 11.5 Å². The number of carbonyl (C=O) groups is 1. The summed E-state index contributed by atoms with van der Waals surface area (Å²) in [6.45, 7) is 7.00. The van der Waals surface area contributed by atoms with E-state index in [1.54, 1.807) is 12.1 Å². The van der Waals surface area contributed by atoms with Crippen molar-refractivity contribution >= 4 is 17.5 Å². The van der Waals surface area contributed by atoms with Crippen LogP contribution in [0.2, 0.25) is 0 Å². The quantitative estimate of drug-likeness (QED) is 0.808. The second-order valence-corrected chi connectivity index (χ2v) is 5.82. The number of methoxy groups -OCH3 is 1. The van der Waals surface area contributed by atoms with Crippen molar-refractivity contribution in [2.45, 2.75) is 39.3 Å². The number of nitrogens with two attached hydrogens (primary N) is 1. The summed E-state index contributed by atoms with van der Waals surface area (Å²) in [7, 11) is 1.33. The Bertz CT molecular complexity index is 531. The minimum absolute atomic E-state index is 0.00853. The van der Waals surface area contributed by atoms with Gasteiger partial charge in [0.25, 0.3) is 0 Å². The zero-order valence-electron chi connectivity index (χ0n) is 13.0. The Kier molecular flexibility index (Phi) is 4.37. The number of carbonyl (C=O) groups excluding carboxylic acids is 1. The molecular formula is C15H23N3O3. The predicted molar refractivity (Wildman–Crippen MR) is 81.2 cm³/mol. The molecule has 3 N–H and O–H groups in total. The molecule has 0 bridgehead atoms.